The van der Waals surface area contributed by atoms with E-state index in [0.717, 1.165) is 16.5 Å². The van der Waals surface area contributed by atoms with Gasteiger partial charge in [0.2, 0.25) is 0 Å². The molecule has 1 amide bonds. The smallest absolute Gasteiger partial charge is 0.262 e. The Balaban J connectivity index is 1.44. The van der Waals surface area contributed by atoms with E-state index in [1.165, 1.54) is 43.4 Å². The summed E-state index contributed by atoms with van der Waals surface area (Å²) in [6.07, 6.45) is 7.54. The van der Waals surface area contributed by atoms with Gasteiger partial charge in [-0.25, -0.2) is 0 Å². The molecule has 0 spiro atoms. The van der Waals surface area contributed by atoms with Gasteiger partial charge >= 0.3 is 0 Å². The van der Waals surface area contributed by atoms with Crippen LogP contribution in [0.25, 0.3) is 10.1 Å². The second-order valence-corrected chi connectivity index (χ2v) is 7.41. The average molecular weight is 352 g/mol. The van der Waals surface area contributed by atoms with Crippen LogP contribution in [0.4, 0.5) is 0 Å². The van der Waals surface area contributed by atoms with E-state index in [1.54, 1.807) is 0 Å². The summed E-state index contributed by atoms with van der Waals surface area (Å²) in [7, 11) is 0. The summed E-state index contributed by atoms with van der Waals surface area (Å²) in [4.78, 5) is 12.9. The minimum atomic E-state index is -0.0890. The number of amides is 1. The molecule has 3 nitrogen and oxygen atoms in total. The number of thiophene rings is 1. The molecule has 0 saturated heterocycles. The molecule has 2 aromatic rings. The predicted molar refractivity (Wildman–Crippen MR) is 96.6 cm³/mol. The van der Waals surface area contributed by atoms with Crippen LogP contribution in [-0.2, 0) is 4.74 Å². The molecule has 1 aromatic carbocycles. The van der Waals surface area contributed by atoms with Gasteiger partial charge in [-0.2, -0.15) is 0 Å². The quantitative estimate of drug-likeness (QED) is 0.742. The zero-order chi connectivity index (χ0) is 16.1. The lowest BCUT2D eigenvalue weighted by Gasteiger charge is -2.21. The van der Waals surface area contributed by atoms with Crippen molar-refractivity contribution in [3.8, 4) is 0 Å². The maximum absolute atomic E-state index is 12.3. The molecule has 23 heavy (non-hydrogen) atoms. The van der Waals surface area contributed by atoms with Crippen LogP contribution in [0.2, 0.25) is 5.02 Å². The standard InChI is InChI=1S/C18H22ClNO2S/c19-16-14-9-4-5-10-15(14)23-17(16)18(21)20-11-6-12-22-13-7-2-1-3-8-13/h4-5,9-10,13H,1-3,6-8,11-12H2,(H,20,21). The van der Waals surface area contributed by atoms with Crippen LogP contribution in [-0.4, -0.2) is 25.2 Å². The van der Waals surface area contributed by atoms with Crippen LogP contribution >= 0.6 is 22.9 Å². The second-order valence-electron chi connectivity index (χ2n) is 5.98. The minimum Gasteiger partial charge on any atom is -0.378 e. The molecule has 1 saturated carbocycles. The molecule has 0 bridgehead atoms. The van der Waals surface area contributed by atoms with Crippen LogP contribution in [0, 0.1) is 0 Å². The molecular formula is C18H22ClNO2S. The Hall–Kier alpha value is -1.10. The Kier molecular flexibility index (Phi) is 5.92. The molecule has 5 heteroatoms. The highest BCUT2D eigenvalue weighted by Gasteiger charge is 2.16. The Morgan fingerprint density at radius 2 is 2.04 bits per heavy atom. The maximum atomic E-state index is 12.3. The Morgan fingerprint density at radius 1 is 1.26 bits per heavy atom. The van der Waals surface area contributed by atoms with Crippen molar-refractivity contribution in [1.29, 1.82) is 0 Å². The molecule has 0 aliphatic heterocycles. The molecular weight excluding hydrogens is 330 g/mol. The van der Waals surface area contributed by atoms with Crippen LogP contribution in [0.3, 0.4) is 0 Å². The SMILES string of the molecule is O=C(NCCCOC1CCCCC1)c1sc2ccccc2c1Cl. The fourth-order valence-electron chi connectivity index (χ4n) is 3.00. The third kappa shape index (κ3) is 4.25. The summed E-state index contributed by atoms with van der Waals surface area (Å²) in [5.74, 6) is -0.0890. The maximum Gasteiger partial charge on any atom is 0.262 e. The molecule has 1 heterocycles. The van der Waals surface area contributed by atoms with E-state index < -0.39 is 0 Å². The van der Waals surface area contributed by atoms with Crippen molar-refractivity contribution >= 4 is 38.9 Å². The predicted octanol–water partition coefficient (Wildman–Crippen LogP) is 5.02. The zero-order valence-electron chi connectivity index (χ0n) is 13.1. The van der Waals surface area contributed by atoms with E-state index in [1.807, 2.05) is 24.3 Å². The molecule has 0 radical (unpaired) electrons. The summed E-state index contributed by atoms with van der Waals surface area (Å²) < 4.78 is 6.91. The van der Waals surface area contributed by atoms with E-state index in [2.05, 4.69) is 5.32 Å². The van der Waals surface area contributed by atoms with E-state index in [9.17, 15) is 4.79 Å². The molecule has 1 fully saturated rings. The Morgan fingerprint density at radius 3 is 2.83 bits per heavy atom. The average Bonchev–Trinajstić information content (AvgIpc) is 2.93. The van der Waals surface area contributed by atoms with E-state index in [0.29, 0.717) is 29.2 Å². The number of carbonyl (C=O) groups excluding carboxylic acids is 1. The van der Waals surface area contributed by atoms with Gasteiger partial charge in [-0.05, 0) is 25.3 Å². The molecule has 1 aliphatic carbocycles. The van der Waals surface area contributed by atoms with Gasteiger partial charge in [0.1, 0.15) is 4.88 Å². The number of carbonyl (C=O) groups is 1. The molecule has 0 unspecified atom stereocenters. The van der Waals surface area contributed by atoms with Crippen molar-refractivity contribution in [1.82, 2.24) is 5.32 Å². The van der Waals surface area contributed by atoms with Gasteiger partial charge in [0, 0.05) is 23.2 Å². The van der Waals surface area contributed by atoms with Crippen molar-refractivity contribution in [2.45, 2.75) is 44.6 Å². The summed E-state index contributed by atoms with van der Waals surface area (Å²) >= 11 is 7.76. The summed E-state index contributed by atoms with van der Waals surface area (Å²) in [6, 6.07) is 7.83. The molecule has 1 aliphatic rings. The number of ether oxygens (including phenoxy) is 1. The monoisotopic (exact) mass is 351 g/mol. The Labute approximate surface area is 146 Å². The van der Waals surface area contributed by atoms with E-state index in [-0.39, 0.29) is 5.91 Å². The first-order chi connectivity index (χ1) is 11.3. The molecule has 124 valence electrons. The Bertz CT molecular complexity index is 664. The minimum absolute atomic E-state index is 0.0890. The lowest BCUT2D eigenvalue weighted by Crippen LogP contribution is -2.25. The molecule has 1 N–H and O–H groups in total. The van der Waals surface area contributed by atoms with Crippen molar-refractivity contribution in [2.24, 2.45) is 0 Å². The number of hydrogen-bond donors (Lipinski definition) is 1. The lowest BCUT2D eigenvalue weighted by atomic mass is 9.98. The van der Waals surface area contributed by atoms with Gasteiger partial charge in [-0.3, -0.25) is 4.79 Å². The molecule has 3 rings (SSSR count). The third-order valence-corrected chi connectivity index (χ3v) is 5.93. The molecule has 0 atom stereocenters. The van der Waals surface area contributed by atoms with Crippen LogP contribution < -0.4 is 5.32 Å². The zero-order valence-corrected chi connectivity index (χ0v) is 14.7. The van der Waals surface area contributed by atoms with Crippen LogP contribution in [0.5, 0.6) is 0 Å². The first-order valence-corrected chi connectivity index (χ1v) is 9.52. The van der Waals surface area contributed by atoms with Crippen molar-refractivity contribution in [3.05, 3.63) is 34.2 Å². The van der Waals surface area contributed by atoms with Crippen LogP contribution in [0.15, 0.2) is 24.3 Å². The first-order valence-electron chi connectivity index (χ1n) is 8.32. The lowest BCUT2D eigenvalue weighted by molar-refractivity contribution is 0.0273. The topological polar surface area (TPSA) is 38.3 Å². The van der Waals surface area contributed by atoms with Gasteiger partial charge in [0.05, 0.1) is 11.1 Å². The largest absolute Gasteiger partial charge is 0.378 e. The van der Waals surface area contributed by atoms with Crippen molar-refractivity contribution < 1.29 is 9.53 Å². The van der Waals surface area contributed by atoms with E-state index >= 15 is 0 Å². The summed E-state index contributed by atoms with van der Waals surface area (Å²) in [5.41, 5.74) is 0. The van der Waals surface area contributed by atoms with Gasteiger partial charge in [0.15, 0.2) is 0 Å². The third-order valence-electron chi connectivity index (χ3n) is 4.25. The van der Waals surface area contributed by atoms with Gasteiger partial charge in [-0.15, -0.1) is 11.3 Å². The first kappa shape index (κ1) is 16.7. The second kappa shape index (κ2) is 8.13. The fraction of sp³-hybridized carbons (Fsp3) is 0.500. The summed E-state index contributed by atoms with van der Waals surface area (Å²) in [5, 5.41) is 4.45. The summed E-state index contributed by atoms with van der Waals surface area (Å²) in [6.45, 7) is 1.33. The van der Waals surface area contributed by atoms with Crippen LogP contribution in [0.1, 0.15) is 48.2 Å². The van der Waals surface area contributed by atoms with Crippen molar-refractivity contribution in [2.75, 3.05) is 13.2 Å². The number of nitrogens with one attached hydrogen (secondary N) is 1. The van der Waals surface area contributed by atoms with Crippen molar-refractivity contribution in [3.63, 3.8) is 0 Å². The highest BCUT2D eigenvalue weighted by atomic mass is 35.5. The highest BCUT2D eigenvalue weighted by molar-refractivity contribution is 7.21. The fourth-order valence-corrected chi connectivity index (χ4v) is 4.43. The van der Waals surface area contributed by atoms with Gasteiger partial charge in [-0.1, -0.05) is 49.1 Å². The van der Waals surface area contributed by atoms with Gasteiger partial charge in [0.25, 0.3) is 5.91 Å². The van der Waals surface area contributed by atoms with Gasteiger partial charge < -0.3 is 10.1 Å². The number of fused-ring (bicyclic) bond motifs is 1. The number of hydrogen-bond acceptors (Lipinski definition) is 3. The normalized spacial score (nSPS) is 15.9. The number of rotatable bonds is 6. The molecule has 1 aromatic heterocycles. The number of halogens is 1. The highest BCUT2D eigenvalue weighted by Crippen LogP contribution is 2.34. The number of benzene rings is 1. The van der Waals surface area contributed by atoms with E-state index in [4.69, 9.17) is 16.3 Å².